The number of carbonyl (C=O) groups excluding carboxylic acids is 1. The maximum Gasteiger partial charge on any atom is 0.302 e. The van der Waals surface area contributed by atoms with Crippen LogP contribution < -0.4 is 0 Å². The molecule has 0 radical (unpaired) electrons. The molecule has 3 aliphatic carbocycles. The summed E-state index contributed by atoms with van der Waals surface area (Å²) in [5.41, 5.74) is 1.40. The highest BCUT2D eigenvalue weighted by molar-refractivity contribution is 7.85. The van der Waals surface area contributed by atoms with Crippen molar-refractivity contribution in [1.29, 1.82) is 0 Å². The maximum atomic E-state index is 11.9. The number of fused-ring (bicyclic) bond motifs is 1. The van der Waals surface area contributed by atoms with Gasteiger partial charge in [-0.15, -0.1) is 0 Å². The Morgan fingerprint density at radius 3 is 2.47 bits per heavy atom. The largest absolute Gasteiger partial charge is 0.466 e. The predicted octanol–water partition coefficient (Wildman–Crippen LogP) is 4.97. The number of esters is 1. The van der Waals surface area contributed by atoms with Crippen LogP contribution in [0.2, 0.25) is 0 Å². The van der Waals surface area contributed by atoms with Crippen LogP contribution in [-0.2, 0) is 23.8 Å². The molecule has 0 aromatic heterocycles. The molecule has 0 aromatic carbocycles. The Kier molecular flexibility index (Phi) is 6.79. The Morgan fingerprint density at radius 1 is 1.13 bits per heavy atom. The van der Waals surface area contributed by atoms with E-state index in [1.807, 2.05) is 0 Å². The number of allylic oxidation sites excluding steroid dienone is 1. The second-order valence-corrected chi connectivity index (χ2v) is 12.5. The number of rotatable bonds is 6. The molecule has 0 amide bonds. The average molecular weight is 441 g/mol. The Balaban J connectivity index is 1.93. The second-order valence-electron chi connectivity index (χ2n) is 10.8. The van der Waals surface area contributed by atoms with Gasteiger partial charge < -0.3 is 4.74 Å². The van der Waals surface area contributed by atoms with Crippen molar-refractivity contribution in [3.05, 3.63) is 12.2 Å². The van der Waals surface area contributed by atoms with E-state index in [1.54, 1.807) is 0 Å². The topological polar surface area (TPSA) is 69.7 Å². The third-order valence-electron chi connectivity index (χ3n) is 9.00. The van der Waals surface area contributed by atoms with Crippen LogP contribution in [0.1, 0.15) is 72.6 Å². The van der Waals surface area contributed by atoms with Crippen molar-refractivity contribution in [1.82, 2.24) is 0 Å². The van der Waals surface area contributed by atoms with Crippen LogP contribution in [0.25, 0.3) is 0 Å². The molecule has 3 aliphatic rings. The van der Waals surface area contributed by atoms with E-state index in [2.05, 4.69) is 27.4 Å². The van der Waals surface area contributed by atoms with Crippen molar-refractivity contribution in [2.24, 2.45) is 40.4 Å². The van der Waals surface area contributed by atoms with Crippen LogP contribution >= 0.6 is 0 Å². The molecule has 0 bridgehead atoms. The standard InChI is InChI=1S/C24H40O5S/c1-16-9-11-24(5,19(13-16)14-28-18(3)25)22-10-12-23(4)17(2)7-8-21(23)20(22)15-29-30(6,26)27/h16,19-22H,2,7-15H2,1,3-6H3/t16-,19+,20-,21-,22-,23+,24-/m0/s1. The van der Waals surface area contributed by atoms with E-state index in [1.165, 1.54) is 12.5 Å². The van der Waals surface area contributed by atoms with Crippen LogP contribution in [0.3, 0.4) is 0 Å². The van der Waals surface area contributed by atoms with Crippen LogP contribution in [0.4, 0.5) is 0 Å². The second kappa shape index (κ2) is 8.57. The number of hydrogen-bond acceptors (Lipinski definition) is 5. The highest BCUT2D eigenvalue weighted by atomic mass is 32.2. The van der Waals surface area contributed by atoms with E-state index < -0.39 is 10.1 Å². The van der Waals surface area contributed by atoms with Gasteiger partial charge in [-0.05, 0) is 78.9 Å². The van der Waals surface area contributed by atoms with Gasteiger partial charge >= 0.3 is 5.97 Å². The van der Waals surface area contributed by atoms with Crippen LogP contribution in [0.5, 0.6) is 0 Å². The molecule has 0 spiro atoms. The minimum atomic E-state index is -3.50. The van der Waals surface area contributed by atoms with Crippen molar-refractivity contribution in [2.45, 2.75) is 72.6 Å². The number of hydrogen-bond donors (Lipinski definition) is 0. The zero-order valence-electron chi connectivity index (χ0n) is 19.4. The normalized spacial score (nSPS) is 42.0. The molecule has 3 rings (SSSR count). The molecular formula is C24H40O5S. The first-order valence-corrected chi connectivity index (χ1v) is 13.3. The fourth-order valence-electron chi connectivity index (χ4n) is 7.05. The van der Waals surface area contributed by atoms with Gasteiger partial charge in [0, 0.05) is 6.92 Å². The van der Waals surface area contributed by atoms with E-state index in [9.17, 15) is 13.2 Å². The van der Waals surface area contributed by atoms with Gasteiger partial charge in [-0.25, -0.2) is 0 Å². The van der Waals surface area contributed by atoms with E-state index in [0.717, 1.165) is 51.2 Å². The molecule has 0 aromatic rings. The van der Waals surface area contributed by atoms with Gasteiger partial charge in [0.1, 0.15) is 0 Å². The van der Waals surface area contributed by atoms with Gasteiger partial charge in [0.25, 0.3) is 10.1 Å². The lowest BCUT2D eigenvalue weighted by molar-refractivity contribution is -0.148. The molecule has 7 atom stereocenters. The molecule has 3 saturated carbocycles. The first-order chi connectivity index (χ1) is 13.9. The minimum Gasteiger partial charge on any atom is -0.466 e. The third-order valence-corrected chi connectivity index (χ3v) is 9.56. The summed E-state index contributed by atoms with van der Waals surface area (Å²) < 4.78 is 34.7. The Morgan fingerprint density at radius 2 is 1.83 bits per heavy atom. The lowest BCUT2D eigenvalue weighted by Crippen LogP contribution is -2.51. The summed E-state index contributed by atoms with van der Waals surface area (Å²) in [7, 11) is -3.50. The highest BCUT2D eigenvalue weighted by Gasteiger charge is 2.57. The summed E-state index contributed by atoms with van der Waals surface area (Å²) in [6, 6.07) is 0. The fraction of sp³-hybridized carbons (Fsp3) is 0.875. The van der Waals surface area contributed by atoms with Gasteiger partial charge in [0.15, 0.2) is 0 Å². The van der Waals surface area contributed by atoms with Gasteiger partial charge in [0.2, 0.25) is 0 Å². The number of ether oxygens (including phenoxy) is 1. The van der Waals surface area contributed by atoms with Crippen molar-refractivity contribution >= 4 is 16.1 Å². The fourth-order valence-corrected chi connectivity index (χ4v) is 7.45. The van der Waals surface area contributed by atoms with Crippen molar-refractivity contribution < 1.29 is 22.1 Å². The van der Waals surface area contributed by atoms with Crippen LogP contribution in [0.15, 0.2) is 12.2 Å². The van der Waals surface area contributed by atoms with Gasteiger partial charge in [0.05, 0.1) is 19.5 Å². The highest BCUT2D eigenvalue weighted by Crippen LogP contribution is 2.63. The SMILES string of the molecule is C=C1CC[C@H]2[C@H](COS(C)(=O)=O)[C@@H]([C@@]3(C)CC[C@H](C)C[C@@H]3COC(C)=O)CC[C@]12C. The van der Waals surface area contributed by atoms with Crippen LogP contribution in [0, 0.1) is 40.4 Å². The summed E-state index contributed by atoms with van der Waals surface area (Å²) in [5.74, 6) is 1.62. The lowest BCUT2D eigenvalue weighted by Gasteiger charge is -2.56. The monoisotopic (exact) mass is 440 g/mol. The molecule has 0 unspecified atom stereocenters. The van der Waals surface area contributed by atoms with Crippen molar-refractivity contribution in [3.8, 4) is 0 Å². The molecule has 172 valence electrons. The summed E-state index contributed by atoms with van der Waals surface area (Å²) in [4.78, 5) is 11.5. The van der Waals surface area contributed by atoms with E-state index in [4.69, 9.17) is 8.92 Å². The average Bonchev–Trinajstić information content (AvgIpc) is 2.95. The van der Waals surface area contributed by atoms with E-state index >= 15 is 0 Å². The Labute approximate surface area is 183 Å². The summed E-state index contributed by atoms with van der Waals surface area (Å²) >= 11 is 0. The van der Waals surface area contributed by atoms with Crippen molar-refractivity contribution in [3.63, 3.8) is 0 Å². The van der Waals surface area contributed by atoms with Crippen LogP contribution in [-0.4, -0.2) is 33.9 Å². The van der Waals surface area contributed by atoms with E-state index in [0.29, 0.717) is 30.3 Å². The lowest BCUT2D eigenvalue weighted by atomic mass is 9.49. The molecule has 6 heteroatoms. The summed E-state index contributed by atoms with van der Waals surface area (Å²) in [6.45, 7) is 13.5. The van der Waals surface area contributed by atoms with Gasteiger partial charge in [-0.1, -0.05) is 39.3 Å². The molecule has 30 heavy (non-hydrogen) atoms. The first kappa shape index (κ1) is 23.8. The zero-order valence-corrected chi connectivity index (χ0v) is 20.2. The number of carbonyl (C=O) groups is 1. The van der Waals surface area contributed by atoms with Crippen molar-refractivity contribution in [2.75, 3.05) is 19.5 Å². The Hall–Kier alpha value is -0.880. The molecule has 0 saturated heterocycles. The smallest absolute Gasteiger partial charge is 0.302 e. The third kappa shape index (κ3) is 4.64. The molecule has 3 fully saturated rings. The molecule has 0 heterocycles. The summed E-state index contributed by atoms with van der Waals surface area (Å²) in [6.07, 6.45) is 8.67. The molecular weight excluding hydrogens is 400 g/mol. The molecule has 5 nitrogen and oxygen atoms in total. The maximum absolute atomic E-state index is 11.9. The van der Waals surface area contributed by atoms with Gasteiger partial charge in [-0.3, -0.25) is 8.98 Å². The predicted molar refractivity (Wildman–Crippen MR) is 118 cm³/mol. The van der Waals surface area contributed by atoms with E-state index in [-0.39, 0.29) is 29.3 Å². The molecule has 0 N–H and O–H groups in total. The zero-order chi connectivity index (χ0) is 22.3. The van der Waals surface area contributed by atoms with Gasteiger partial charge in [-0.2, -0.15) is 8.42 Å². The quantitative estimate of drug-likeness (QED) is 0.331. The Bertz CT molecular complexity index is 774. The summed E-state index contributed by atoms with van der Waals surface area (Å²) in [5, 5.41) is 0. The first-order valence-electron chi connectivity index (χ1n) is 11.5. The minimum absolute atomic E-state index is 0.0126. The molecule has 0 aliphatic heterocycles.